The highest BCUT2D eigenvalue weighted by Crippen LogP contribution is 2.29. The van der Waals surface area contributed by atoms with Crippen molar-refractivity contribution >= 4 is 17.3 Å². The number of nitro benzene ring substituents is 1. The van der Waals surface area contributed by atoms with Crippen molar-refractivity contribution < 1.29 is 14.5 Å². The average molecular weight is 321 g/mol. The lowest BCUT2D eigenvalue weighted by Gasteiger charge is -2.30. The number of nitrogens with zero attached hydrogens (tertiary/aromatic N) is 2. The monoisotopic (exact) mass is 321 g/mol. The van der Waals surface area contributed by atoms with Gasteiger partial charge in [-0.05, 0) is 26.0 Å². The molecule has 0 heterocycles. The van der Waals surface area contributed by atoms with Crippen molar-refractivity contribution in [2.45, 2.75) is 38.1 Å². The summed E-state index contributed by atoms with van der Waals surface area (Å²) < 4.78 is 5.15. The standard InChI is InChI=1S/C16H23N3O4/c1-18(12-6-4-3-5-7-12)11-16(20)17-14-10-13(19(21)22)8-9-15(14)23-2/h8-10,12H,3-7,11H2,1-2H3,(H,17,20). The highest BCUT2D eigenvalue weighted by Gasteiger charge is 2.21. The Balaban J connectivity index is 2.01. The van der Waals surface area contributed by atoms with E-state index >= 15 is 0 Å². The predicted octanol–water partition coefficient (Wildman–Crippen LogP) is 2.81. The summed E-state index contributed by atoms with van der Waals surface area (Å²) in [5.41, 5.74) is 0.241. The number of methoxy groups -OCH3 is 1. The van der Waals surface area contributed by atoms with Crippen LogP contribution >= 0.6 is 0 Å². The van der Waals surface area contributed by atoms with E-state index in [4.69, 9.17) is 4.74 Å². The van der Waals surface area contributed by atoms with Gasteiger partial charge in [0.15, 0.2) is 0 Å². The second-order valence-electron chi connectivity index (χ2n) is 5.90. The third kappa shape index (κ3) is 4.66. The first kappa shape index (κ1) is 17.2. The van der Waals surface area contributed by atoms with E-state index in [1.165, 1.54) is 44.6 Å². The normalized spacial score (nSPS) is 15.4. The molecule has 7 heteroatoms. The Kier molecular flexibility index (Phi) is 5.92. The molecule has 23 heavy (non-hydrogen) atoms. The molecule has 1 aromatic carbocycles. The maximum atomic E-state index is 12.2. The summed E-state index contributed by atoms with van der Waals surface area (Å²) in [6, 6.07) is 4.58. The van der Waals surface area contributed by atoms with Crippen LogP contribution in [0.15, 0.2) is 18.2 Å². The van der Waals surface area contributed by atoms with Crippen LogP contribution in [0, 0.1) is 10.1 Å². The number of carbonyl (C=O) groups is 1. The number of carbonyl (C=O) groups excluding carboxylic acids is 1. The number of nitrogens with one attached hydrogen (secondary N) is 1. The fraction of sp³-hybridized carbons (Fsp3) is 0.562. The highest BCUT2D eigenvalue weighted by atomic mass is 16.6. The molecule has 1 aliphatic rings. The minimum atomic E-state index is -0.497. The molecule has 1 aromatic rings. The van der Waals surface area contributed by atoms with Gasteiger partial charge in [-0.1, -0.05) is 19.3 Å². The summed E-state index contributed by atoms with van der Waals surface area (Å²) in [4.78, 5) is 24.7. The van der Waals surface area contributed by atoms with E-state index in [9.17, 15) is 14.9 Å². The van der Waals surface area contributed by atoms with Gasteiger partial charge >= 0.3 is 0 Å². The summed E-state index contributed by atoms with van der Waals surface area (Å²) in [6.45, 7) is 0.260. The third-order valence-corrected chi connectivity index (χ3v) is 4.26. The van der Waals surface area contributed by atoms with E-state index in [0.717, 1.165) is 12.8 Å². The molecule has 1 saturated carbocycles. The number of rotatable bonds is 6. The Morgan fingerprint density at radius 2 is 2.09 bits per heavy atom. The van der Waals surface area contributed by atoms with Gasteiger partial charge in [-0.25, -0.2) is 0 Å². The molecular weight excluding hydrogens is 298 g/mol. The van der Waals surface area contributed by atoms with Gasteiger partial charge in [0.25, 0.3) is 5.69 Å². The summed E-state index contributed by atoms with van der Waals surface area (Å²) in [6.07, 6.45) is 5.90. The number of benzene rings is 1. The molecule has 1 fully saturated rings. The molecular formula is C16H23N3O4. The zero-order valence-electron chi connectivity index (χ0n) is 13.6. The predicted molar refractivity (Wildman–Crippen MR) is 87.8 cm³/mol. The minimum Gasteiger partial charge on any atom is -0.495 e. The minimum absolute atomic E-state index is 0.0817. The van der Waals surface area contributed by atoms with Crippen LogP contribution in [0.2, 0.25) is 0 Å². The zero-order valence-corrected chi connectivity index (χ0v) is 13.6. The summed E-state index contributed by atoms with van der Waals surface area (Å²) in [5.74, 6) is 0.209. The molecule has 2 rings (SSSR count). The van der Waals surface area contributed by atoms with Crippen LogP contribution in [0.25, 0.3) is 0 Å². The van der Waals surface area contributed by atoms with Crippen LogP contribution < -0.4 is 10.1 Å². The van der Waals surface area contributed by atoms with Gasteiger partial charge in [0, 0.05) is 18.2 Å². The molecule has 1 amide bonds. The molecule has 0 atom stereocenters. The van der Waals surface area contributed by atoms with Crippen LogP contribution in [0.4, 0.5) is 11.4 Å². The molecule has 0 saturated heterocycles. The molecule has 0 unspecified atom stereocenters. The number of nitro groups is 1. The lowest BCUT2D eigenvalue weighted by Crippen LogP contribution is -2.39. The van der Waals surface area contributed by atoms with Crippen LogP contribution in [-0.4, -0.2) is 42.5 Å². The second-order valence-corrected chi connectivity index (χ2v) is 5.90. The van der Waals surface area contributed by atoms with Gasteiger partial charge in [0.05, 0.1) is 24.3 Å². The first-order chi connectivity index (χ1) is 11.0. The number of ether oxygens (including phenoxy) is 1. The zero-order chi connectivity index (χ0) is 16.8. The molecule has 0 aromatic heterocycles. The first-order valence-electron chi connectivity index (χ1n) is 7.83. The first-order valence-corrected chi connectivity index (χ1v) is 7.83. The van der Waals surface area contributed by atoms with Crippen LogP contribution in [0.1, 0.15) is 32.1 Å². The van der Waals surface area contributed by atoms with Crippen molar-refractivity contribution in [3.63, 3.8) is 0 Å². The number of hydrogen-bond acceptors (Lipinski definition) is 5. The maximum Gasteiger partial charge on any atom is 0.271 e. The number of hydrogen-bond donors (Lipinski definition) is 1. The van der Waals surface area contributed by atoms with Crippen LogP contribution in [-0.2, 0) is 4.79 Å². The summed E-state index contributed by atoms with van der Waals surface area (Å²) in [5, 5.41) is 13.6. The molecule has 1 aliphatic carbocycles. The maximum absolute atomic E-state index is 12.2. The number of anilines is 1. The van der Waals surface area contributed by atoms with Crippen molar-refractivity contribution in [3.05, 3.63) is 28.3 Å². The number of amides is 1. The number of likely N-dealkylation sites (N-methyl/N-ethyl adjacent to an activating group) is 1. The van der Waals surface area contributed by atoms with E-state index in [2.05, 4.69) is 10.2 Å². The van der Waals surface area contributed by atoms with E-state index in [0.29, 0.717) is 17.5 Å². The molecule has 0 bridgehead atoms. The van der Waals surface area contributed by atoms with Gasteiger partial charge in [0.1, 0.15) is 5.75 Å². The van der Waals surface area contributed by atoms with Crippen LogP contribution in [0.3, 0.4) is 0 Å². The second kappa shape index (κ2) is 7.92. The van der Waals surface area contributed by atoms with Gasteiger partial charge in [0.2, 0.25) is 5.91 Å². The Morgan fingerprint density at radius 3 is 2.70 bits per heavy atom. The quantitative estimate of drug-likeness (QED) is 0.643. The fourth-order valence-corrected chi connectivity index (χ4v) is 2.97. The Bertz CT molecular complexity index is 570. The van der Waals surface area contributed by atoms with Crippen molar-refractivity contribution in [3.8, 4) is 5.75 Å². The Hall–Kier alpha value is -2.15. The molecule has 7 nitrogen and oxygen atoms in total. The topological polar surface area (TPSA) is 84.7 Å². The van der Waals surface area contributed by atoms with Crippen molar-refractivity contribution in [1.29, 1.82) is 0 Å². The summed E-state index contributed by atoms with van der Waals surface area (Å²) in [7, 11) is 3.41. The van der Waals surface area contributed by atoms with Gasteiger partial charge in [-0.3, -0.25) is 19.8 Å². The molecule has 0 radical (unpaired) electrons. The lowest BCUT2D eigenvalue weighted by atomic mass is 9.94. The Morgan fingerprint density at radius 1 is 1.39 bits per heavy atom. The molecule has 0 spiro atoms. The molecule has 0 aliphatic heterocycles. The lowest BCUT2D eigenvalue weighted by molar-refractivity contribution is -0.384. The van der Waals surface area contributed by atoms with E-state index in [1.54, 1.807) is 0 Å². The SMILES string of the molecule is COc1ccc([N+](=O)[O-])cc1NC(=O)CN(C)C1CCCCC1. The van der Waals surface area contributed by atoms with Crippen LogP contribution in [0.5, 0.6) is 5.75 Å². The van der Waals surface area contributed by atoms with Crippen molar-refractivity contribution in [2.24, 2.45) is 0 Å². The Labute approximate surface area is 135 Å². The third-order valence-electron chi connectivity index (χ3n) is 4.26. The number of non-ortho nitro benzene ring substituents is 1. The van der Waals surface area contributed by atoms with Gasteiger partial charge in [-0.2, -0.15) is 0 Å². The largest absolute Gasteiger partial charge is 0.495 e. The summed E-state index contributed by atoms with van der Waals surface area (Å²) >= 11 is 0. The molecule has 1 N–H and O–H groups in total. The smallest absolute Gasteiger partial charge is 0.271 e. The average Bonchev–Trinajstić information content (AvgIpc) is 2.55. The van der Waals surface area contributed by atoms with Gasteiger partial charge in [-0.15, -0.1) is 0 Å². The fourth-order valence-electron chi connectivity index (χ4n) is 2.97. The van der Waals surface area contributed by atoms with Gasteiger partial charge < -0.3 is 10.1 Å². The van der Waals surface area contributed by atoms with E-state index < -0.39 is 4.92 Å². The van der Waals surface area contributed by atoms with E-state index in [-0.39, 0.29) is 18.1 Å². The van der Waals surface area contributed by atoms with Crippen molar-refractivity contribution in [2.75, 3.05) is 26.0 Å². The molecule has 126 valence electrons. The van der Waals surface area contributed by atoms with Crippen molar-refractivity contribution in [1.82, 2.24) is 4.90 Å². The highest BCUT2D eigenvalue weighted by molar-refractivity contribution is 5.94. The van der Waals surface area contributed by atoms with E-state index in [1.807, 2.05) is 7.05 Å².